The van der Waals surface area contributed by atoms with Crippen molar-refractivity contribution in [2.24, 2.45) is 5.92 Å². The molecule has 190 valence electrons. The second-order valence-corrected chi connectivity index (χ2v) is 11.9. The molecule has 0 radical (unpaired) electrons. The number of aliphatic hydroxyl groups excluding tert-OH is 1. The van der Waals surface area contributed by atoms with E-state index in [0.717, 1.165) is 27.3 Å². The van der Waals surface area contributed by atoms with Crippen molar-refractivity contribution in [3.63, 3.8) is 0 Å². The van der Waals surface area contributed by atoms with Crippen molar-refractivity contribution in [1.29, 1.82) is 0 Å². The minimum Gasteiger partial charge on any atom is -0.392 e. The van der Waals surface area contributed by atoms with Gasteiger partial charge in [0.1, 0.15) is 0 Å². The van der Waals surface area contributed by atoms with Gasteiger partial charge in [-0.3, -0.25) is 4.79 Å². The van der Waals surface area contributed by atoms with Crippen LogP contribution in [-0.2, 0) is 20.9 Å². The lowest BCUT2D eigenvalue weighted by atomic mass is 9.91. The van der Waals surface area contributed by atoms with Crippen LogP contribution in [0.25, 0.3) is 0 Å². The number of alkyl halides is 3. The molecule has 1 amide bonds. The first kappa shape index (κ1) is 27.3. The Morgan fingerprint density at radius 2 is 1.69 bits per heavy atom. The molecular formula is C27H26Cl3NO4S. The first-order valence-corrected chi connectivity index (χ1v) is 13.5. The van der Waals surface area contributed by atoms with Crippen molar-refractivity contribution in [1.82, 2.24) is 0 Å². The van der Waals surface area contributed by atoms with Crippen LogP contribution in [-0.4, -0.2) is 26.7 Å². The number of benzene rings is 3. The number of carbonyl (C=O) groups is 1. The topological polar surface area (TPSA) is 67.8 Å². The van der Waals surface area contributed by atoms with Gasteiger partial charge in [0.25, 0.3) is 9.70 Å². The molecular weight excluding hydrogens is 541 g/mol. The second-order valence-electron chi connectivity index (χ2n) is 8.52. The van der Waals surface area contributed by atoms with Crippen LogP contribution in [0.4, 0.5) is 5.69 Å². The van der Waals surface area contributed by atoms with E-state index < -0.39 is 16.0 Å². The molecule has 2 N–H and O–H groups in total. The van der Waals surface area contributed by atoms with Crippen molar-refractivity contribution in [3.05, 3.63) is 95.6 Å². The largest absolute Gasteiger partial charge is 0.392 e. The zero-order valence-corrected chi connectivity index (χ0v) is 22.5. The van der Waals surface area contributed by atoms with Crippen LogP contribution in [0, 0.1) is 5.92 Å². The molecule has 0 unspecified atom stereocenters. The van der Waals surface area contributed by atoms with Gasteiger partial charge in [0.05, 0.1) is 18.8 Å². The van der Waals surface area contributed by atoms with Gasteiger partial charge in [-0.15, -0.1) is 11.8 Å². The van der Waals surface area contributed by atoms with Gasteiger partial charge in [-0.25, -0.2) is 0 Å². The predicted molar refractivity (Wildman–Crippen MR) is 145 cm³/mol. The monoisotopic (exact) mass is 565 g/mol. The van der Waals surface area contributed by atoms with Gasteiger partial charge in [0.15, 0.2) is 6.29 Å². The molecule has 0 aromatic heterocycles. The summed E-state index contributed by atoms with van der Waals surface area (Å²) >= 11 is 18.8. The van der Waals surface area contributed by atoms with Crippen molar-refractivity contribution < 1.29 is 19.4 Å². The molecule has 4 atom stereocenters. The highest BCUT2D eigenvalue weighted by molar-refractivity contribution is 7.99. The number of nitrogens with one attached hydrogen (secondary N) is 1. The number of amides is 1. The number of carbonyl (C=O) groups excluding carboxylic acids is 1. The molecule has 1 aliphatic rings. The Kier molecular flexibility index (Phi) is 9.23. The van der Waals surface area contributed by atoms with E-state index in [1.165, 1.54) is 0 Å². The van der Waals surface area contributed by atoms with E-state index in [0.29, 0.717) is 5.69 Å². The fourth-order valence-corrected chi connectivity index (χ4v) is 5.20. The SMILES string of the molecule is C[C@H]1[C@@H](CSc2ccccc2)O[C@@H](c2cccc(NC(=O)C(Cl)(Cl)Cl)c2)O[C@H]1c1ccc(CO)cc1. The molecule has 1 aliphatic heterocycles. The third-order valence-corrected chi connectivity index (χ3v) is 7.57. The van der Waals surface area contributed by atoms with Gasteiger partial charge < -0.3 is 19.9 Å². The Morgan fingerprint density at radius 3 is 2.36 bits per heavy atom. The molecule has 1 fully saturated rings. The van der Waals surface area contributed by atoms with E-state index in [1.54, 1.807) is 30.0 Å². The molecule has 0 spiro atoms. The quantitative estimate of drug-likeness (QED) is 0.236. The third kappa shape index (κ3) is 6.95. The number of aliphatic hydroxyl groups is 1. The predicted octanol–water partition coefficient (Wildman–Crippen LogP) is 7.07. The van der Waals surface area contributed by atoms with Crippen molar-refractivity contribution in [2.75, 3.05) is 11.1 Å². The van der Waals surface area contributed by atoms with Crippen LogP contribution >= 0.6 is 46.6 Å². The van der Waals surface area contributed by atoms with Gasteiger partial charge in [-0.05, 0) is 35.4 Å². The fourth-order valence-electron chi connectivity index (χ4n) is 3.97. The number of anilines is 1. The Balaban J connectivity index is 1.59. The molecule has 3 aromatic carbocycles. The molecule has 3 aromatic rings. The van der Waals surface area contributed by atoms with Crippen LogP contribution in [0.1, 0.15) is 36.0 Å². The van der Waals surface area contributed by atoms with E-state index >= 15 is 0 Å². The summed E-state index contributed by atoms with van der Waals surface area (Å²) in [6.07, 6.45) is -1.03. The lowest BCUT2D eigenvalue weighted by Gasteiger charge is -2.41. The molecule has 1 saturated heterocycles. The highest BCUT2D eigenvalue weighted by Gasteiger charge is 2.38. The first-order chi connectivity index (χ1) is 17.2. The zero-order valence-electron chi connectivity index (χ0n) is 19.4. The van der Waals surface area contributed by atoms with E-state index in [4.69, 9.17) is 44.3 Å². The minimum absolute atomic E-state index is 0.0177. The van der Waals surface area contributed by atoms with E-state index in [1.807, 2.05) is 48.5 Å². The number of hydrogen-bond acceptors (Lipinski definition) is 5. The molecule has 9 heteroatoms. The van der Waals surface area contributed by atoms with E-state index in [-0.39, 0.29) is 24.7 Å². The smallest absolute Gasteiger partial charge is 0.276 e. The highest BCUT2D eigenvalue weighted by Crippen LogP contribution is 2.43. The highest BCUT2D eigenvalue weighted by atomic mass is 35.6. The van der Waals surface area contributed by atoms with Gasteiger partial charge in [-0.1, -0.05) is 96.3 Å². The van der Waals surface area contributed by atoms with Crippen LogP contribution < -0.4 is 5.32 Å². The third-order valence-electron chi connectivity index (χ3n) is 5.95. The van der Waals surface area contributed by atoms with Gasteiger partial charge in [0.2, 0.25) is 0 Å². The first-order valence-electron chi connectivity index (χ1n) is 11.4. The van der Waals surface area contributed by atoms with E-state index in [9.17, 15) is 9.90 Å². The molecule has 1 heterocycles. The standard InChI is InChI=1S/C27H26Cl3NO4S/c1-17-23(16-36-22-8-3-2-4-9-22)34-25(35-24(17)19-12-10-18(15-32)11-13-19)20-6-5-7-21(14-20)31-26(33)27(28,29)30/h2-14,17,23-25,32H,15-16H2,1H3,(H,31,33)/t17-,23+,24+,25+/m0/s1. The van der Waals surface area contributed by atoms with Crippen molar-refractivity contribution >= 4 is 58.2 Å². The zero-order chi connectivity index (χ0) is 25.7. The van der Waals surface area contributed by atoms with Crippen LogP contribution in [0.2, 0.25) is 0 Å². The Morgan fingerprint density at radius 1 is 0.972 bits per heavy atom. The minimum atomic E-state index is -2.07. The molecule has 0 bridgehead atoms. The Labute approximate surface area is 230 Å². The number of ether oxygens (including phenoxy) is 2. The summed E-state index contributed by atoms with van der Waals surface area (Å²) < 4.78 is 10.9. The maximum absolute atomic E-state index is 12.1. The van der Waals surface area contributed by atoms with Crippen molar-refractivity contribution in [3.8, 4) is 0 Å². The summed E-state index contributed by atoms with van der Waals surface area (Å²) in [4.78, 5) is 13.3. The van der Waals surface area contributed by atoms with Gasteiger partial charge in [0, 0.05) is 27.8 Å². The van der Waals surface area contributed by atoms with E-state index in [2.05, 4.69) is 24.4 Å². The van der Waals surface area contributed by atoms with Crippen LogP contribution in [0.3, 0.4) is 0 Å². The maximum Gasteiger partial charge on any atom is 0.276 e. The second kappa shape index (κ2) is 12.2. The summed E-state index contributed by atoms with van der Waals surface area (Å²) in [5, 5.41) is 12.0. The van der Waals surface area contributed by atoms with Crippen LogP contribution in [0.5, 0.6) is 0 Å². The average Bonchev–Trinajstić information content (AvgIpc) is 2.88. The number of rotatable bonds is 7. The molecule has 0 aliphatic carbocycles. The summed E-state index contributed by atoms with van der Waals surface area (Å²) in [7, 11) is 0. The molecule has 5 nitrogen and oxygen atoms in total. The lowest BCUT2D eigenvalue weighted by Crippen LogP contribution is -2.38. The summed E-state index contributed by atoms with van der Waals surface area (Å²) in [6.45, 7) is 2.10. The Bertz CT molecular complexity index is 1160. The molecule has 36 heavy (non-hydrogen) atoms. The number of hydrogen-bond donors (Lipinski definition) is 2. The van der Waals surface area contributed by atoms with Gasteiger partial charge >= 0.3 is 0 Å². The van der Waals surface area contributed by atoms with Crippen molar-refractivity contribution in [2.45, 2.75) is 40.7 Å². The Hall–Kier alpha value is -1.77. The summed E-state index contributed by atoms with van der Waals surface area (Å²) in [5.41, 5.74) is 3.04. The molecule has 0 saturated carbocycles. The summed E-state index contributed by atoms with van der Waals surface area (Å²) in [5.74, 6) is 0.0485. The number of thioether (sulfide) groups is 1. The summed E-state index contributed by atoms with van der Waals surface area (Å²) in [6, 6.07) is 25.1. The normalized spacial score (nSPS) is 22.2. The van der Waals surface area contributed by atoms with Crippen LogP contribution in [0.15, 0.2) is 83.8 Å². The lowest BCUT2D eigenvalue weighted by molar-refractivity contribution is -0.268. The number of halogens is 3. The van der Waals surface area contributed by atoms with Gasteiger partial charge in [-0.2, -0.15) is 0 Å². The average molecular weight is 567 g/mol. The maximum atomic E-state index is 12.1. The molecule has 4 rings (SSSR count). The fraction of sp³-hybridized carbons (Fsp3) is 0.296.